The molecule has 0 spiro atoms. The molecule has 10 heteroatoms. The lowest BCUT2D eigenvalue weighted by Crippen LogP contribution is -2.48. The Morgan fingerprint density at radius 3 is 2.50 bits per heavy atom. The highest BCUT2D eigenvalue weighted by atomic mass is 32.1. The first-order valence-electron chi connectivity index (χ1n) is 11.0. The molecule has 2 aromatic heterocycles. The number of halogens is 1. The Labute approximate surface area is 199 Å². The summed E-state index contributed by atoms with van der Waals surface area (Å²) in [4.78, 5) is 34.0. The van der Waals surface area contributed by atoms with E-state index in [1.807, 2.05) is 6.20 Å². The molecule has 1 N–H and O–H groups in total. The molecule has 1 aliphatic heterocycles. The topological polar surface area (TPSA) is 82.8 Å². The minimum Gasteiger partial charge on any atom is -0.344 e. The quantitative estimate of drug-likeness (QED) is 0.427. The maximum atomic E-state index is 13.2. The molecule has 1 fully saturated rings. The van der Waals surface area contributed by atoms with Gasteiger partial charge in [0.1, 0.15) is 5.82 Å². The van der Waals surface area contributed by atoms with E-state index in [0.717, 1.165) is 47.5 Å². The molecule has 0 radical (unpaired) electrons. The average Bonchev–Trinajstić information content (AvgIpc) is 3.40. The van der Waals surface area contributed by atoms with Crippen molar-refractivity contribution in [2.24, 2.45) is 0 Å². The summed E-state index contributed by atoms with van der Waals surface area (Å²) >= 11 is 1.51. The van der Waals surface area contributed by atoms with E-state index in [-0.39, 0.29) is 24.1 Å². The van der Waals surface area contributed by atoms with Crippen LogP contribution in [0.1, 0.15) is 17.3 Å². The van der Waals surface area contributed by atoms with Crippen molar-refractivity contribution in [1.29, 1.82) is 0 Å². The molecule has 0 atom stereocenters. The van der Waals surface area contributed by atoms with Gasteiger partial charge < -0.3 is 10.2 Å². The van der Waals surface area contributed by atoms with E-state index in [0.29, 0.717) is 11.3 Å². The molecule has 4 aromatic rings. The van der Waals surface area contributed by atoms with Gasteiger partial charge in [-0.25, -0.2) is 13.9 Å². The summed E-state index contributed by atoms with van der Waals surface area (Å²) in [7, 11) is 0. The van der Waals surface area contributed by atoms with Gasteiger partial charge in [0.25, 0.3) is 0 Å². The van der Waals surface area contributed by atoms with E-state index in [2.05, 4.69) is 25.2 Å². The standard InChI is InChI=1S/C24H23FN6O2S/c1-16(32)19-4-2-3-5-20(19)26-22(33)15-29-10-12-30(13-11-29)24-28-31-14-21(27-23(31)34-24)17-6-8-18(25)9-7-17/h2-9,14H,10-13,15H2,1H3,(H,26,33). The molecular formula is C24H23FN6O2S. The Kier molecular flexibility index (Phi) is 6.08. The number of hydrogen-bond donors (Lipinski definition) is 1. The van der Waals surface area contributed by atoms with Gasteiger partial charge in [-0.2, -0.15) is 0 Å². The highest BCUT2D eigenvalue weighted by Crippen LogP contribution is 2.27. The third-order valence-corrected chi connectivity index (χ3v) is 6.75. The van der Waals surface area contributed by atoms with Gasteiger partial charge in [-0.1, -0.05) is 23.5 Å². The van der Waals surface area contributed by atoms with E-state index in [9.17, 15) is 14.0 Å². The van der Waals surface area contributed by atoms with Crippen LogP contribution in [0.4, 0.5) is 15.2 Å². The molecule has 1 saturated heterocycles. The number of para-hydroxylation sites is 1. The zero-order valence-corrected chi connectivity index (χ0v) is 19.4. The first-order valence-corrected chi connectivity index (χ1v) is 11.8. The maximum Gasteiger partial charge on any atom is 0.238 e. The number of anilines is 2. The van der Waals surface area contributed by atoms with Crippen molar-refractivity contribution in [2.45, 2.75) is 6.92 Å². The fraction of sp³-hybridized carbons (Fsp3) is 0.250. The number of carbonyl (C=O) groups excluding carboxylic acids is 2. The molecule has 1 aliphatic rings. The molecule has 174 valence electrons. The molecule has 34 heavy (non-hydrogen) atoms. The minimum atomic E-state index is -0.275. The van der Waals surface area contributed by atoms with Gasteiger partial charge in [0.15, 0.2) is 5.78 Å². The average molecular weight is 479 g/mol. The number of ketones is 1. The molecule has 1 amide bonds. The molecule has 0 bridgehead atoms. The summed E-state index contributed by atoms with van der Waals surface area (Å²) in [5.41, 5.74) is 2.66. The lowest BCUT2D eigenvalue weighted by atomic mass is 10.1. The number of imidazole rings is 1. The fourth-order valence-corrected chi connectivity index (χ4v) is 4.90. The number of nitrogens with zero attached hydrogens (tertiary/aromatic N) is 5. The maximum absolute atomic E-state index is 13.2. The van der Waals surface area contributed by atoms with Crippen LogP contribution < -0.4 is 10.2 Å². The second-order valence-corrected chi connectivity index (χ2v) is 9.09. The summed E-state index contributed by atoms with van der Waals surface area (Å²) in [6.45, 7) is 4.71. The lowest BCUT2D eigenvalue weighted by molar-refractivity contribution is -0.117. The van der Waals surface area contributed by atoms with Gasteiger partial charge in [0, 0.05) is 37.3 Å². The van der Waals surface area contributed by atoms with E-state index in [4.69, 9.17) is 0 Å². The van der Waals surface area contributed by atoms with Crippen LogP contribution in [0.25, 0.3) is 16.2 Å². The molecule has 3 heterocycles. The van der Waals surface area contributed by atoms with Crippen LogP contribution in [0.3, 0.4) is 0 Å². The van der Waals surface area contributed by atoms with Crippen LogP contribution in [0.2, 0.25) is 0 Å². The van der Waals surface area contributed by atoms with E-state index >= 15 is 0 Å². The number of hydrogen-bond acceptors (Lipinski definition) is 7. The lowest BCUT2D eigenvalue weighted by Gasteiger charge is -2.33. The van der Waals surface area contributed by atoms with E-state index < -0.39 is 0 Å². The first kappa shape index (κ1) is 22.2. The van der Waals surface area contributed by atoms with Crippen molar-refractivity contribution < 1.29 is 14.0 Å². The molecule has 0 aliphatic carbocycles. The Hall–Kier alpha value is -3.63. The van der Waals surface area contributed by atoms with Gasteiger partial charge in [0.05, 0.1) is 24.1 Å². The summed E-state index contributed by atoms with van der Waals surface area (Å²) in [6.07, 6.45) is 1.85. The number of piperazine rings is 1. The highest BCUT2D eigenvalue weighted by Gasteiger charge is 2.22. The third kappa shape index (κ3) is 4.68. The number of Topliss-reactive ketones (excluding diaryl/α,β-unsaturated/α-hetero) is 1. The van der Waals surface area contributed by atoms with Gasteiger partial charge in [-0.15, -0.1) is 5.10 Å². The predicted octanol–water partition coefficient (Wildman–Crippen LogP) is 3.56. The number of fused-ring (bicyclic) bond motifs is 1. The number of aromatic nitrogens is 3. The smallest absolute Gasteiger partial charge is 0.238 e. The van der Waals surface area contributed by atoms with Crippen molar-refractivity contribution in [2.75, 3.05) is 42.9 Å². The Balaban J connectivity index is 1.17. The molecular weight excluding hydrogens is 455 g/mol. The second-order valence-electron chi connectivity index (χ2n) is 8.16. The molecule has 8 nitrogen and oxygen atoms in total. The summed E-state index contributed by atoms with van der Waals surface area (Å²) < 4.78 is 14.9. The van der Waals surface area contributed by atoms with E-state index in [1.165, 1.54) is 30.4 Å². The summed E-state index contributed by atoms with van der Waals surface area (Å²) in [5, 5.41) is 8.41. The third-order valence-electron chi connectivity index (χ3n) is 5.76. The zero-order chi connectivity index (χ0) is 23.7. The number of amides is 1. The number of nitrogens with one attached hydrogen (secondary N) is 1. The Bertz CT molecular complexity index is 1310. The minimum absolute atomic E-state index is 0.0795. The number of rotatable bonds is 6. The van der Waals surface area contributed by atoms with Gasteiger partial charge in [0.2, 0.25) is 16.0 Å². The predicted molar refractivity (Wildman–Crippen MR) is 130 cm³/mol. The van der Waals surface area contributed by atoms with Crippen LogP contribution in [0.5, 0.6) is 0 Å². The van der Waals surface area contributed by atoms with Crippen LogP contribution in [0, 0.1) is 5.82 Å². The number of benzene rings is 2. The molecule has 5 rings (SSSR count). The number of carbonyl (C=O) groups is 2. The van der Waals surface area contributed by atoms with Crippen molar-refractivity contribution in [1.82, 2.24) is 19.5 Å². The van der Waals surface area contributed by atoms with Crippen molar-refractivity contribution in [3.63, 3.8) is 0 Å². The SMILES string of the molecule is CC(=O)c1ccccc1NC(=O)CN1CCN(c2nn3cc(-c4ccc(F)cc4)nc3s2)CC1. The van der Waals surface area contributed by atoms with Gasteiger partial charge >= 0.3 is 0 Å². The summed E-state index contributed by atoms with van der Waals surface area (Å²) in [5.74, 6) is -0.491. The molecule has 2 aromatic carbocycles. The summed E-state index contributed by atoms with van der Waals surface area (Å²) in [6, 6.07) is 13.3. The van der Waals surface area contributed by atoms with Gasteiger partial charge in [-0.3, -0.25) is 14.5 Å². The second kappa shape index (κ2) is 9.32. The van der Waals surface area contributed by atoms with Crippen LogP contribution >= 0.6 is 11.3 Å². The monoisotopic (exact) mass is 478 g/mol. The Morgan fingerprint density at radius 2 is 1.79 bits per heavy atom. The van der Waals surface area contributed by atoms with Crippen molar-refractivity contribution >= 4 is 38.8 Å². The zero-order valence-electron chi connectivity index (χ0n) is 18.6. The Morgan fingerprint density at radius 1 is 1.06 bits per heavy atom. The highest BCUT2D eigenvalue weighted by molar-refractivity contribution is 7.20. The normalized spacial score (nSPS) is 14.5. The fourth-order valence-electron chi connectivity index (χ4n) is 3.97. The van der Waals surface area contributed by atoms with Crippen LogP contribution in [-0.2, 0) is 4.79 Å². The first-order chi connectivity index (χ1) is 16.5. The van der Waals surface area contributed by atoms with Crippen LogP contribution in [0.15, 0.2) is 54.7 Å². The molecule has 0 unspecified atom stereocenters. The van der Waals surface area contributed by atoms with Crippen LogP contribution in [-0.4, -0.2) is 63.9 Å². The molecule has 0 saturated carbocycles. The van der Waals surface area contributed by atoms with E-state index in [1.54, 1.807) is 40.9 Å². The largest absolute Gasteiger partial charge is 0.344 e. The van der Waals surface area contributed by atoms with Crippen molar-refractivity contribution in [3.8, 4) is 11.3 Å². The van der Waals surface area contributed by atoms with Gasteiger partial charge in [-0.05, 0) is 43.3 Å². The van der Waals surface area contributed by atoms with Crippen molar-refractivity contribution in [3.05, 3.63) is 66.1 Å².